The van der Waals surface area contributed by atoms with Crippen molar-refractivity contribution in [1.82, 2.24) is 5.32 Å². The Bertz CT molecular complexity index is 1320. The number of hydrogen-bond donors (Lipinski definition) is 1. The molecule has 1 N–H and O–H groups in total. The Morgan fingerprint density at radius 2 is 1.60 bits per heavy atom. The van der Waals surface area contributed by atoms with E-state index in [9.17, 15) is 9.59 Å². The van der Waals surface area contributed by atoms with E-state index < -0.39 is 17.7 Å². The molecular formula is C45H79NO7. The molecule has 5 saturated carbocycles. The first-order valence-electron chi connectivity index (χ1n) is 21.4. The van der Waals surface area contributed by atoms with Crippen molar-refractivity contribution in [3.05, 3.63) is 0 Å². The van der Waals surface area contributed by atoms with Crippen LogP contribution in [0.3, 0.4) is 0 Å². The van der Waals surface area contributed by atoms with Crippen LogP contribution in [0, 0.1) is 56.7 Å². The highest BCUT2D eigenvalue weighted by Gasteiger charge is 2.84. The fourth-order valence-corrected chi connectivity index (χ4v) is 13.8. The van der Waals surface area contributed by atoms with Gasteiger partial charge in [0.1, 0.15) is 17.7 Å². The summed E-state index contributed by atoms with van der Waals surface area (Å²) >= 11 is 0. The average molecular weight is 746 g/mol. The second-order valence-corrected chi connectivity index (χ2v) is 21.2. The van der Waals surface area contributed by atoms with E-state index in [-0.39, 0.29) is 52.0 Å². The number of ether oxygens (including phenoxy) is 5. The maximum Gasteiger partial charge on any atom is 0.408 e. The van der Waals surface area contributed by atoms with Gasteiger partial charge in [-0.2, -0.15) is 0 Å². The lowest BCUT2D eigenvalue weighted by atomic mass is 9.41. The highest BCUT2D eigenvalue weighted by Crippen LogP contribution is 2.89. The van der Waals surface area contributed by atoms with Gasteiger partial charge < -0.3 is 29.0 Å². The van der Waals surface area contributed by atoms with E-state index in [4.69, 9.17) is 23.7 Å². The number of esters is 1. The first-order valence-corrected chi connectivity index (χ1v) is 21.4. The molecule has 8 heteroatoms. The number of nitrogens with one attached hydrogen (secondary N) is 1. The quantitative estimate of drug-likeness (QED) is 0.177. The standard InChI is InChI=1S/C45H79NO7/c1-16-29-26-43(13)32-25-31(49-14)36-40(8,9)33(52-37(47)35(28(3)4)46-38(48)53-39(5,6)7)21-22-45(36)27-44(32,45)24-23-42(43,12)30(29)19-18-20-34(51-17-2)41(10,11)50-15/h28-36H,16-27H2,1-15H3,(H,46,48). The SMILES string of the molecule is CCOC(CCCC1C(CC)CC2(C)C3CC(OC)C4C(C)(C)C(OC(=O)C(NC(=O)OC(C)(C)C)C(C)C)CCC45CC35CCC12C)C(C)(C)OC. The smallest absolute Gasteiger partial charge is 0.408 e. The lowest BCUT2D eigenvalue weighted by Gasteiger charge is -2.64. The number of carbonyl (C=O) groups excluding carboxylic acids is 2. The third kappa shape index (κ3) is 7.12. The third-order valence-corrected chi connectivity index (χ3v) is 16.7. The van der Waals surface area contributed by atoms with Crippen molar-refractivity contribution in [2.75, 3.05) is 20.8 Å². The lowest BCUT2D eigenvalue weighted by molar-refractivity contribution is -0.213. The molecule has 53 heavy (non-hydrogen) atoms. The van der Waals surface area contributed by atoms with Gasteiger partial charge in [-0.1, -0.05) is 61.3 Å². The summed E-state index contributed by atoms with van der Waals surface area (Å²) in [6.07, 6.45) is 12.3. The van der Waals surface area contributed by atoms with Crippen LogP contribution in [0.4, 0.5) is 4.79 Å². The van der Waals surface area contributed by atoms with Gasteiger partial charge in [0.05, 0.1) is 17.8 Å². The number of carbonyl (C=O) groups is 2. The maximum atomic E-state index is 13.8. The van der Waals surface area contributed by atoms with Gasteiger partial charge in [-0.15, -0.1) is 0 Å². The van der Waals surface area contributed by atoms with Crippen molar-refractivity contribution in [2.24, 2.45) is 56.7 Å². The number of methoxy groups -OCH3 is 2. The van der Waals surface area contributed by atoms with Crippen LogP contribution >= 0.6 is 0 Å². The van der Waals surface area contributed by atoms with Gasteiger partial charge in [0.15, 0.2) is 0 Å². The summed E-state index contributed by atoms with van der Waals surface area (Å²) in [4.78, 5) is 26.6. The summed E-state index contributed by atoms with van der Waals surface area (Å²) in [6.45, 7) is 28.9. The first-order chi connectivity index (χ1) is 24.5. The molecule has 306 valence electrons. The van der Waals surface area contributed by atoms with Crippen LogP contribution in [0.1, 0.15) is 161 Å². The highest BCUT2D eigenvalue weighted by atomic mass is 16.6. The number of fused-ring (bicyclic) bond motifs is 2. The van der Waals surface area contributed by atoms with Gasteiger partial charge in [0.2, 0.25) is 0 Å². The molecule has 0 aromatic carbocycles. The van der Waals surface area contributed by atoms with Crippen molar-refractivity contribution in [2.45, 2.75) is 196 Å². The van der Waals surface area contributed by atoms with E-state index in [0.717, 1.165) is 31.6 Å². The van der Waals surface area contributed by atoms with Crippen molar-refractivity contribution < 1.29 is 33.3 Å². The molecule has 8 nitrogen and oxygen atoms in total. The molecule has 0 aromatic heterocycles. The van der Waals surface area contributed by atoms with Crippen LogP contribution in [0.5, 0.6) is 0 Å². The molecule has 5 aliphatic carbocycles. The Morgan fingerprint density at radius 3 is 2.17 bits per heavy atom. The van der Waals surface area contributed by atoms with Crippen LogP contribution in [0.2, 0.25) is 0 Å². The predicted octanol–water partition coefficient (Wildman–Crippen LogP) is 10.1. The van der Waals surface area contributed by atoms with Gasteiger partial charge in [-0.05, 0) is 151 Å². The first kappa shape index (κ1) is 42.8. The monoisotopic (exact) mass is 746 g/mol. The third-order valence-electron chi connectivity index (χ3n) is 16.7. The lowest BCUT2D eigenvalue weighted by Crippen LogP contribution is -2.62. The summed E-state index contributed by atoms with van der Waals surface area (Å²) in [6, 6.07) is -0.771. The summed E-state index contributed by atoms with van der Waals surface area (Å²) in [7, 11) is 3.73. The Labute approximate surface area is 323 Å². The fourth-order valence-electron chi connectivity index (χ4n) is 13.8. The van der Waals surface area contributed by atoms with E-state index in [1.807, 2.05) is 48.8 Å². The summed E-state index contributed by atoms with van der Waals surface area (Å²) in [5.41, 5.74) is -0.0999. The van der Waals surface area contributed by atoms with Gasteiger partial charge in [-0.25, -0.2) is 9.59 Å². The van der Waals surface area contributed by atoms with Crippen molar-refractivity contribution in [1.29, 1.82) is 0 Å². The minimum absolute atomic E-state index is 0.104. The fraction of sp³-hybridized carbons (Fsp3) is 0.956. The Morgan fingerprint density at radius 1 is 0.925 bits per heavy atom. The van der Waals surface area contributed by atoms with Gasteiger partial charge in [0.25, 0.3) is 0 Å². The highest BCUT2D eigenvalue weighted by molar-refractivity contribution is 5.82. The molecule has 0 bridgehead atoms. The van der Waals surface area contributed by atoms with Crippen LogP contribution < -0.4 is 5.32 Å². The second kappa shape index (κ2) is 14.8. The van der Waals surface area contributed by atoms with Crippen molar-refractivity contribution in [3.8, 4) is 0 Å². The summed E-state index contributed by atoms with van der Waals surface area (Å²) in [5, 5.41) is 2.82. The van der Waals surface area contributed by atoms with E-state index in [1.54, 1.807) is 0 Å². The predicted molar refractivity (Wildman–Crippen MR) is 210 cm³/mol. The number of rotatable bonds is 14. The number of alkyl carbamates (subject to hydrolysis) is 1. The number of hydrogen-bond acceptors (Lipinski definition) is 7. The molecule has 2 spiro atoms. The molecule has 0 saturated heterocycles. The molecule has 12 unspecified atom stereocenters. The summed E-state index contributed by atoms with van der Waals surface area (Å²) < 4.78 is 30.7. The van der Waals surface area contributed by atoms with Crippen molar-refractivity contribution >= 4 is 12.1 Å². The minimum atomic E-state index is -0.771. The zero-order valence-electron chi connectivity index (χ0n) is 36.5. The molecule has 5 aliphatic rings. The van der Waals surface area contributed by atoms with Crippen LogP contribution in [0.25, 0.3) is 0 Å². The molecule has 5 rings (SSSR count). The zero-order valence-corrected chi connectivity index (χ0v) is 36.5. The molecular weight excluding hydrogens is 666 g/mol. The molecule has 5 fully saturated rings. The van der Waals surface area contributed by atoms with Gasteiger partial charge in [-0.3, -0.25) is 0 Å². The average Bonchev–Trinajstić information content (AvgIpc) is 3.66. The Hall–Kier alpha value is -1.38. The minimum Gasteiger partial charge on any atom is -0.460 e. The molecule has 0 aliphatic heterocycles. The van der Waals surface area contributed by atoms with E-state index >= 15 is 0 Å². The van der Waals surface area contributed by atoms with Crippen LogP contribution in [-0.4, -0.2) is 68.4 Å². The van der Waals surface area contributed by atoms with Crippen LogP contribution in [-0.2, 0) is 28.5 Å². The molecule has 1 amide bonds. The normalized spacial score (nSPS) is 39.9. The number of amides is 1. The summed E-state index contributed by atoms with van der Waals surface area (Å²) in [5.74, 6) is 1.90. The Balaban J connectivity index is 1.35. The van der Waals surface area contributed by atoms with Gasteiger partial charge in [0, 0.05) is 26.2 Å². The largest absolute Gasteiger partial charge is 0.460 e. The maximum absolute atomic E-state index is 13.8. The van der Waals surface area contributed by atoms with E-state index in [2.05, 4.69) is 60.7 Å². The zero-order chi connectivity index (χ0) is 39.6. The molecule has 0 aromatic rings. The van der Waals surface area contributed by atoms with Crippen LogP contribution in [0.15, 0.2) is 0 Å². The molecule has 12 atom stereocenters. The topological polar surface area (TPSA) is 92.3 Å². The molecule has 0 radical (unpaired) electrons. The van der Waals surface area contributed by atoms with E-state index in [1.165, 1.54) is 44.9 Å². The molecule has 0 heterocycles. The van der Waals surface area contributed by atoms with Gasteiger partial charge >= 0.3 is 12.1 Å². The second-order valence-electron chi connectivity index (χ2n) is 21.2. The van der Waals surface area contributed by atoms with E-state index in [0.29, 0.717) is 35.2 Å². The van der Waals surface area contributed by atoms with Crippen molar-refractivity contribution in [3.63, 3.8) is 0 Å². The Kier molecular flexibility index (Phi) is 12.0.